The summed E-state index contributed by atoms with van der Waals surface area (Å²) in [6.45, 7) is 3.19. The van der Waals surface area contributed by atoms with Crippen LogP contribution in [-0.2, 0) is 24.4 Å². The van der Waals surface area contributed by atoms with Gasteiger partial charge in [-0.1, -0.05) is 6.07 Å². The molecule has 0 saturated carbocycles. The lowest BCUT2D eigenvalue weighted by molar-refractivity contribution is -0.129. The SMILES string of the molecule is CC(=O)N1CCc2c(sc3cc(-n4ccc(OCc5ccc(F)nc5)cc4=O)ccc23)C1. The molecule has 1 aliphatic rings. The third-order valence-corrected chi connectivity index (χ3v) is 6.81. The first-order valence-electron chi connectivity index (χ1n) is 10.2. The predicted octanol–water partition coefficient (Wildman–Crippen LogP) is 4.07. The molecular formula is C24H20FN3O3S. The third kappa shape index (κ3) is 3.89. The standard InChI is InChI=1S/C24H20FN3O3S/c1-15(29)27-8-7-20-19-4-3-17(10-21(19)32-22(20)13-27)28-9-6-18(11-24(28)30)31-14-16-2-5-23(25)26-12-16/h2-6,9-12H,7-8,13-14H2,1H3. The summed E-state index contributed by atoms with van der Waals surface area (Å²) in [4.78, 5) is 31.1. The van der Waals surface area contributed by atoms with Crippen molar-refractivity contribution in [2.45, 2.75) is 26.5 Å². The van der Waals surface area contributed by atoms with Crippen molar-refractivity contribution >= 4 is 27.3 Å². The molecule has 0 spiro atoms. The monoisotopic (exact) mass is 449 g/mol. The van der Waals surface area contributed by atoms with E-state index in [1.165, 1.54) is 34.2 Å². The predicted molar refractivity (Wildman–Crippen MR) is 121 cm³/mol. The molecule has 0 atom stereocenters. The zero-order chi connectivity index (χ0) is 22.2. The molecular weight excluding hydrogens is 429 g/mol. The lowest BCUT2D eigenvalue weighted by Crippen LogP contribution is -2.33. The van der Waals surface area contributed by atoms with Crippen LogP contribution in [0.5, 0.6) is 5.75 Å². The number of carbonyl (C=O) groups is 1. The lowest BCUT2D eigenvalue weighted by Gasteiger charge is -2.25. The average Bonchev–Trinajstić information content (AvgIpc) is 3.15. The summed E-state index contributed by atoms with van der Waals surface area (Å²) in [7, 11) is 0. The highest BCUT2D eigenvalue weighted by molar-refractivity contribution is 7.19. The van der Waals surface area contributed by atoms with Gasteiger partial charge in [-0.15, -0.1) is 11.3 Å². The van der Waals surface area contributed by atoms with E-state index in [1.54, 1.807) is 41.2 Å². The zero-order valence-corrected chi connectivity index (χ0v) is 18.2. The maximum Gasteiger partial charge on any atom is 0.258 e. The van der Waals surface area contributed by atoms with Gasteiger partial charge in [0, 0.05) is 47.1 Å². The minimum Gasteiger partial charge on any atom is -0.489 e. The number of halogens is 1. The Labute approximate surface area is 187 Å². The molecule has 1 aromatic carbocycles. The average molecular weight is 450 g/mol. The number of amides is 1. The summed E-state index contributed by atoms with van der Waals surface area (Å²) >= 11 is 1.68. The van der Waals surface area contributed by atoms with Crippen LogP contribution in [0.1, 0.15) is 22.9 Å². The van der Waals surface area contributed by atoms with Crippen LogP contribution in [0.25, 0.3) is 15.8 Å². The Morgan fingerprint density at radius 2 is 2.09 bits per heavy atom. The molecule has 1 aliphatic heterocycles. The van der Waals surface area contributed by atoms with Crippen LogP contribution >= 0.6 is 11.3 Å². The van der Waals surface area contributed by atoms with Gasteiger partial charge < -0.3 is 9.64 Å². The Hall–Kier alpha value is -3.52. The van der Waals surface area contributed by atoms with Gasteiger partial charge in [0.15, 0.2) is 0 Å². The van der Waals surface area contributed by atoms with E-state index in [1.807, 2.05) is 17.0 Å². The van der Waals surface area contributed by atoms with Gasteiger partial charge in [-0.25, -0.2) is 4.98 Å². The molecule has 0 N–H and O–H groups in total. The van der Waals surface area contributed by atoms with Crippen LogP contribution < -0.4 is 10.3 Å². The second-order valence-corrected chi connectivity index (χ2v) is 8.86. The van der Waals surface area contributed by atoms with Gasteiger partial charge in [-0.3, -0.25) is 14.2 Å². The highest BCUT2D eigenvalue weighted by Gasteiger charge is 2.22. The number of carbonyl (C=O) groups excluding carboxylic acids is 1. The van der Waals surface area contributed by atoms with Crippen molar-refractivity contribution in [2.24, 2.45) is 0 Å². The van der Waals surface area contributed by atoms with Gasteiger partial charge in [0.1, 0.15) is 12.4 Å². The van der Waals surface area contributed by atoms with Crippen molar-refractivity contribution in [3.05, 3.63) is 87.2 Å². The minimum atomic E-state index is -0.545. The Morgan fingerprint density at radius 1 is 1.22 bits per heavy atom. The van der Waals surface area contributed by atoms with Crippen molar-refractivity contribution < 1.29 is 13.9 Å². The summed E-state index contributed by atoms with van der Waals surface area (Å²) in [6, 6.07) is 12.0. The molecule has 1 amide bonds. The molecule has 0 saturated heterocycles. The first kappa shape index (κ1) is 20.4. The van der Waals surface area contributed by atoms with Crippen molar-refractivity contribution in [1.29, 1.82) is 0 Å². The van der Waals surface area contributed by atoms with Crippen LogP contribution in [0.4, 0.5) is 4.39 Å². The summed E-state index contributed by atoms with van der Waals surface area (Å²) < 4.78 is 21.2. The number of hydrogen-bond acceptors (Lipinski definition) is 5. The van der Waals surface area contributed by atoms with E-state index >= 15 is 0 Å². The topological polar surface area (TPSA) is 64.4 Å². The smallest absolute Gasteiger partial charge is 0.258 e. The van der Waals surface area contributed by atoms with Crippen molar-refractivity contribution in [1.82, 2.24) is 14.5 Å². The summed E-state index contributed by atoms with van der Waals surface area (Å²) in [6.07, 6.45) is 3.94. The van der Waals surface area contributed by atoms with Crippen LogP contribution in [0.2, 0.25) is 0 Å². The molecule has 6 nitrogen and oxygen atoms in total. The minimum absolute atomic E-state index is 0.0957. The number of rotatable bonds is 4. The number of thiophene rings is 1. The lowest BCUT2D eigenvalue weighted by atomic mass is 10.0. The highest BCUT2D eigenvalue weighted by atomic mass is 32.1. The van der Waals surface area contributed by atoms with Crippen LogP contribution in [0.15, 0.2) is 59.7 Å². The van der Waals surface area contributed by atoms with E-state index in [-0.39, 0.29) is 18.1 Å². The Kier molecular flexibility index (Phi) is 5.22. The van der Waals surface area contributed by atoms with Gasteiger partial charge in [-0.2, -0.15) is 4.39 Å². The van der Waals surface area contributed by atoms with E-state index in [2.05, 4.69) is 11.1 Å². The Morgan fingerprint density at radius 3 is 2.84 bits per heavy atom. The molecule has 162 valence electrons. The molecule has 0 fully saturated rings. The van der Waals surface area contributed by atoms with Gasteiger partial charge in [0.05, 0.1) is 12.2 Å². The number of pyridine rings is 2. The number of ether oxygens (including phenoxy) is 1. The summed E-state index contributed by atoms with van der Waals surface area (Å²) in [5.74, 6) is -0.0120. The summed E-state index contributed by atoms with van der Waals surface area (Å²) in [5.41, 5.74) is 2.59. The molecule has 3 aromatic heterocycles. The van der Waals surface area contributed by atoms with E-state index < -0.39 is 5.95 Å². The molecule has 0 unspecified atom stereocenters. The molecule has 0 aliphatic carbocycles. The highest BCUT2D eigenvalue weighted by Crippen LogP contribution is 2.36. The van der Waals surface area contributed by atoms with E-state index in [9.17, 15) is 14.0 Å². The first-order chi connectivity index (χ1) is 15.5. The number of hydrogen-bond donors (Lipinski definition) is 0. The van der Waals surface area contributed by atoms with Crippen molar-refractivity contribution in [3.63, 3.8) is 0 Å². The third-order valence-electron chi connectivity index (χ3n) is 5.63. The fourth-order valence-electron chi connectivity index (χ4n) is 3.93. The van der Waals surface area contributed by atoms with E-state index in [0.29, 0.717) is 17.9 Å². The number of fused-ring (bicyclic) bond motifs is 3. The molecule has 8 heteroatoms. The fraction of sp³-hybridized carbons (Fsp3) is 0.208. The fourth-order valence-corrected chi connectivity index (χ4v) is 5.23. The van der Waals surface area contributed by atoms with E-state index in [0.717, 1.165) is 23.4 Å². The maximum atomic E-state index is 12.9. The second kappa shape index (κ2) is 8.20. The second-order valence-electron chi connectivity index (χ2n) is 7.72. The van der Waals surface area contributed by atoms with Crippen molar-refractivity contribution in [2.75, 3.05) is 6.54 Å². The van der Waals surface area contributed by atoms with Crippen LogP contribution in [-0.4, -0.2) is 26.9 Å². The normalized spacial score (nSPS) is 13.2. The van der Waals surface area contributed by atoms with Crippen LogP contribution in [0.3, 0.4) is 0 Å². The molecule has 5 rings (SSSR count). The Balaban J connectivity index is 1.38. The first-order valence-corrected chi connectivity index (χ1v) is 11.1. The van der Waals surface area contributed by atoms with Gasteiger partial charge in [0.25, 0.3) is 5.56 Å². The Bertz CT molecular complexity index is 1380. The van der Waals surface area contributed by atoms with Gasteiger partial charge in [-0.05, 0) is 47.7 Å². The number of nitrogens with zero attached hydrogens (tertiary/aromatic N) is 3. The van der Waals surface area contributed by atoms with Gasteiger partial charge >= 0.3 is 0 Å². The van der Waals surface area contributed by atoms with Crippen molar-refractivity contribution in [3.8, 4) is 11.4 Å². The summed E-state index contributed by atoms with van der Waals surface area (Å²) in [5, 5.41) is 1.19. The molecule has 4 heterocycles. The number of benzene rings is 1. The molecule has 4 aromatic rings. The quantitative estimate of drug-likeness (QED) is 0.441. The largest absolute Gasteiger partial charge is 0.489 e. The molecule has 0 radical (unpaired) electrons. The maximum absolute atomic E-state index is 12.9. The zero-order valence-electron chi connectivity index (χ0n) is 17.4. The van der Waals surface area contributed by atoms with Crippen LogP contribution in [0, 0.1) is 5.95 Å². The van der Waals surface area contributed by atoms with E-state index in [4.69, 9.17) is 4.74 Å². The number of aromatic nitrogens is 2. The van der Waals surface area contributed by atoms with Gasteiger partial charge in [0.2, 0.25) is 11.9 Å². The molecule has 32 heavy (non-hydrogen) atoms. The molecule has 0 bridgehead atoms.